The van der Waals surface area contributed by atoms with Gasteiger partial charge in [0.25, 0.3) is 0 Å². The number of nitrogens with zero attached hydrogens (tertiary/aromatic N) is 3. The van der Waals surface area contributed by atoms with Crippen LogP contribution in [0.4, 0.5) is 5.82 Å². The third-order valence-corrected chi connectivity index (χ3v) is 2.52. The summed E-state index contributed by atoms with van der Waals surface area (Å²) in [5, 5.41) is 12.9. The van der Waals surface area contributed by atoms with Crippen LogP contribution in [0.2, 0.25) is 0 Å². The standard InChI is InChI=1S/C12H12N4/c1-8-3-4-9(2)11(5-8)16-12(14)10(6-13)7-15-16/h3-5,7H,14H2,1-2H3. The Morgan fingerprint density at radius 3 is 2.75 bits per heavy atom. The van der Waals surface area contributed by atoms with E-state index in [-0.39, 0.29) is 0 Å². The van der Waals surface area contributed by atoms with Crippen LogP contribution in [0.25, 0.3) is 5.69 Å². The number of benzene rings is 1. The molecule has 4 nitrogen and oxygen atoms in total. The molecule has 2 rings (SSSR count). The van der Waals surface area contributed by atoms with Crippen molar-refractivity contribution in [3.63, 3.8) is 0 Å². The minimum absolute atomic E-state index is 0.385. The SMILES string of the molecule is Cc1ccc(C)c(-n2ncc(C#N)c2N)c1. The highest BCUT2D eigenvalue weighted by Crippen LogP contribution is 2.20. The summed E-state index contributed by atoms with van der Waals surface area (Å²) in [6, 6.07) is 8.05. The Morgan fingerprint density at radius 2 is 2.12 bits per heavy atom. The first-order valence-corrected chi connectivity index (χ1v) is 4.94. The Labute approximate surface area is 93.9 Å². The number of hydrogen-bond acceptors (Lipinski definition) is 3. The van der Waals surface area contributed by atoms with E-state index < -0.39 is 0 Å². The molecule has 1 heterocycles. The molecule has 0 bridgehead atoms. The molecule has 0 saturated heterocycles. The number of anilines is 1. The van der Waals surface area contributed by atoms with Gasteiger partial charge in [0.05, 0.1) is 11.9 Å². The van der Waals surface area contributed by atoms with Crippen LogP contribution in [0.3, 0.4) is 0 Å². The van der Waals surface area contributed by atoms with Gasteiger partial charge in [0.2, 0.25) is 0 Å². The van der Waals surface area contributed by atoms with Crippen LogP contribution in [-0.4, -0.2) is 9.78 Å². The fourth-order valence-corrected chi connectivity index (χ4v) is 1.58. The fraction of sp³-hybridized carbons (Fsp3) is 0.167. The molecule has 0 amide bonds. The Morgan fingerprint density at radius 1 is 1.38 bits per heavy atom. The Hall–Kier alpha value is -2.28. The number of rotatable bonds is 1. The van der Waals surface area contributed by atoms with E-state index in [1.54, 1.807) is 4.68 Å². The molecule has 2 N–H and O–H groups in total. The van der Waals surface area contributed by atoms with Crippen molar-refractivity contribution < 1.29 is 0 Å². The second kappa shape index (κ2) is 3.70. The lowest BCUT2D eigenvalue weighted by molar-refractivity contribution is 0.882. The van der Waals surface area contributed by atoms with E-state index in [1.165, 1.54) is 6.20 Å². The minimum atomic E-state index is 0.385. The van der Waals surface area contributed by atoms with Gasteiger partial charge in [-0.1, -0.05) is 12.1 Å². The van der Waals surface area contributed by atoms with E-state index in [0.717, 1.165) is 16.8 Å². The first kappa shape index (κ1) is 10.2. The fourth-order valence-electron chi connectivity index (χ4n) is 1.58. The second-order valence-corrected chi connectivity index (χ2v) is 3.76. The highest BCUT2D eigenvalue weighted by molar-refractivity contribution is 5.55. The summed E-state index contributed by atoms with van der Waals surface area (Å²) in [5.74, 6) is 0.385. The van der Waals surface area contributed by atoms with Crippen LogP contribution in [0, 0.1) is 25.2 Å². The van der Waals surface area contributed by atoms with E-state index in [1.807, 2.05) is 38.1 Å². The molecular weight excluding hydrogens is 200 g/mol. The maximum absolute atomic E-state index is 8.82. The molecule has 4 heteroatoms. The number of nitrogen functional groups attached to an aromatic ring is 1. The third kappa shape index (κ3) is 1.52. The van der Waals surface area contributed by atoms with Crippen molar-refractivity contribution in [2.75, 3.05) is 5.73 Å². The van der Waals surface area contributed by atoms with Crippen LogP contribution in [0.5, 0.6) is 0 Å². The van der Waals surface area contributed by atoms with E-state index in [2.05, 4.69) is 5.10 Å². The van der Waals surface area contributed by atoms with E-state index in [0.29, 0.717) is 11.4 Å². The highest BCUT2D eigenvalue weighted by Gasteiger charge is 2.10. The number of aryl methyl sites for hydroxylation is 2. The second-order valence-electron chi connectivity index (χ2n) is 3.76. The summed E-state index contributed by atoms with van der Waals surface area (Å²) >= 11 is 0. The molecule has 0 aliphatic carbocycles. The molecular formula is C12H12N4. The largest absolute Gasteiger partial charge is 0.382 e. The summed E-state index contributed by atoms with van der Waals surface area (Å²) in [4.78, 5) is 0. The molecule has 80 valence electrons. The first-order valence-electron chi connectivity index (χ1n) is 4.94. The lowest BCUT2D eigenvalue weighted by atomic mass is 10.1. The molecule has 16 heavy (non-hydrogen) atoms. The van der Waals surface area contributed by atoms with Crippen molar-refractivity contribution in [2.45, 2.75) is 13.8 Å². The predicted molar refractivity (Wildman–Crippen MR) is 62.2 cm³/mol. The van der Waals surface area contributed by atoms with Gasteiger partial charge in [-0.15, -0.1) is 0 Å². The quantitative estimate of drug-likeness (QED) is 0.785. The van der Waals surface area contributed by atoms with Crippen LogP contribution < -0.4 is 5.73 Å². The summed E-state index contributed by atoms with van der Waals surface area (Å²) in [5.41, 5.74) is 9.37. The molecule has 0 unspecified atom stereocenters. The van der Waals surface area contributed by atoms with Crippen LogP contribution in [-0.2, 0) is 0 Å². The highest BCUT2D eigenvalue weighted by atomic mass is 15.3. The Kier molecular flexibility index (Phi) is 2.37. The van der Waals surface area contributed by atoms with Crippen LogP contribution >= 0.6 is 0 Å². The number of hydrogen-bond donors (Lipinski definition) is 1. The molecule has 0 aliphatic heterocycles. The van der Waals surface area contributed by atoms with Gasteiger partial charge in [0, 0.05) is 0 Å². The smallest absolute Gasteiger partial charge is 0.145 e. The average Bonchev–Trinajstić information content (AvgIpc) is 2.63. The molecule has 0 spiro atoms. The van der Waals surface area contributed by atoms with Gasteiger partial charge in [0.15, 0.2) is 0 Å². The van der Waals surface area contributed by atoms with Gasteiger partial charge in [-0.25, -0.2) is 4.68 Å². The van der Waals surface area contributed by atoms with Gasteiger partial charge in [0.1, 0.15) is 17.5 Å². The first-order chi connectivity index (χ1) is 7.63. The molecule has 0 saturated carbocycles. The summed E-state index contributed by atoms with van der Waals surface area (Å²) in [6.07, 6.45) is 1.48. The topological polar surface area (TPSA) is 67.6 Å². The Balaban J connectivity index is 2.64. The molecule has 1 aromatic heterocycles. The summed E-state index contributed by atoms with van der Waals surface area (Å²) < 4.78 is 1.60. The maximum Gasteiger partial charge on any atom is 0.145 e. The van der Waals surface area contributed by atoms with Gasteiger partial charge < -0.3 is 5.73 Å². The average molecular weight is 212 g/mol. The van der Waals surface area contributed by atoms with Crippen LogP contribution in [0.15, 0.2) is 24.4 Å². The molecule has 0 fully saturated rings. The number of nitrogens with two attached hydrogens (primary N) is 1. The van der Waals surface area contributed by atoms with Crippen molar-refractivity contribution in [2.24, 2.45) is 0 Å². The maximum atomic E-state index is 8.82. The Bertz CT molecular complexity index is 575. The lowest BCUT2D eigenvalue weighted by Gasteiger charge is -2.08. The number of nitriles is 1. The monoisotopic (exact) mass is 212 g/mol. The molecule has 2 aromatic rings. The lowest BCUT2D eigenvalue weighted by Crippen LogP contribution is -2.04. The van der Waals surface area contributed by atoms with Crippen molar-refractivity contribution in [3.8, 4) is 11.8 Å². The van der Waals surface area contributed by atoms with Gasteiger partial charge in [-0.05, 0) is 31.0 Å². The summed E-state index contributed by atoms with van der Waals surface area (Å²) in [7, 11) is 0. The zero-order valence-electron chi connectivity index (χ0n) is 9.23. The van der Waals surface area contributed by atoms with Crippen molar-refractivity contribution in [1.29, 1.82) is 5.26 Å². The number of aromatic nitrogens is 2. The van der Waals surface area contributed by atoms with Gasteiger partial charge in [-0.2, -0.15) is 10.4 Å². The molecule has 0 aliphatic rings. The normalized spacial score (nSPS) is 10.1. The van der Waals surface area contributed by atoms with E-state index in [9.17, 15) is 0 Å². The molecule has 1 aromatic carbocycles. The molecule has 0 radical (unpaired) electrons. The van der Waals surface area contributed by atoms with E-state index in [4.69, 9.17) is 11.0 Å². The van der Waals surface area contributed by atoms with Crippen molar-refractivity contribution in [1.82, 2.24) is 9.78 Å². The van der Waals surface area contributed by atoms with E-state index >= 15 is 0 Å². The van der Waals surface area contributed by atoms with Crippen molar-refractivity contribution >= 4 is 5.82 Å². The van der Waals surface area contributed by atoms with Gasteiger partial charge in [-0.3, -0.25) is 0 Å². The molecule has 0 atom stereocenters. The zero-order valence-corrected chi connectivity index (χ0v) is 9.23. The minimum Gasteiger partial charge on any atom is -0.382 e. The predicted octanol–water partition coefficient (Wildman–Crippen LogP) is 1.94. The third-order valence-electron chi connectivity index (χ3n) is 2.52. The van der Waals surface area contributed by atoms with Gasteiger partial charge >= 0.3 is 0 Å². The zero-order chi connectivity index (χ0) is 11.7. The van der Waals surface area contributed by atoms with Crippen LogP contribution in [0.1, 0.15) is 16.7 Å². The summed E-state index contributed by atoms with van der Waals surface area (Å²) in [6.45, 7) is 4.00. The van der Waals surface area contributed by atoms with Crippen molar-refractivity contribution in [3.05, 3.63) is 41.1 Å².